The number of fused-ring (bicyclic) bond motifs is 1. The van der Waals surface area contributed by atoms with Crippen LogP contribution in [0.3, 0.4) is 0 Å². The molecule has 1 aromatic carbocycles. The van der Waals surface area contributed by atoms with E-state index in [1.54, 1.807) is 0 Å². The molecule has 0 aliphatic carbocycles. The van der Waals surface area contributed by atoms with Crippen molar-refractivity contribution in [2.24, 2.45) is 11.8 Å². The molecule has 3 heteroatoms. The minimum absolute atomic E-state index is 0.395. The molecule has 17 heavy (non-hydrogen) atoms. The average molecular weight is 250 g/mol. The highest BCUT2D eigenvalue weighted by atomic mass is 32.2. The van der Waals surface area contributed by atoms with Gasteiger partial charge in [0.25, 0.3) is 0 Å². The van der Waals surface area contributed by atoms with Gasteiger partial charge in [-0.05, 0) is 24.0 Å². The summed E-state index contributed by atoms with van der Waals surface area (Å²) in [6.07, 6.45) is 2.46. The second kappa shape index (κ2) is 5.89. The fourth-order valence-corrected chi connectivity index (χ4v) is 4.10. The molecular weight excluding hydrogens is 228 g/mol. The highest BCUT2D eigenvalue weighted by molar-refractivity contribution is 7.99. The summed E-state index contributed by atoms with van der Waals surface area (Å²) in [5, 5.41) is 0. The maximum atomic E-state index is 5.78. The number of rotatable bonds is 5. The summed E-state index contributed by atoms with van der Waals surface area (Å²) in [4.78, 5) is 1.43. The highest BCUT2D eigenvalue weighted by Crippen LogP contribution is 2.42. The first-order chi connectivity index (χ1) is 8.27. The summed E-state index contributed by atoms with van der Waals surface area (Å²) in [7, 11) is 0. The molecule has 0 saturated heterocycles. The molecule has 3 unspecified atom stereocenters. The first-order valence-electron chi connectivity index (χ1n) is 6.45. The van der Waals surface area contributed by atoms with E-state index in [4.69, 9.17) is 5.84 Å². The van der Waals surface area contributed by atoms with E-state index in [0.29, 0.717) is 17.9 Å². The number of hydrazine groups is 1. The Bertz CT molecular complexity index is 367. The minimum atomic E-state index is 0.395. The Morgan fingerprint density at radius 1 is 1.47 bits per heavy atom. The third-order valence-corrected chi connectivity index (χ3v) is 4.93. The molecule has 1 aliphatic rings. The van der Waals surface area contributed by atoms with Crippen LogP contribution in [0.4, 0.5) is 0 Å². The zero-order valence-electron chi connectivity index (χ0n) is 10.6. The maximum absolute atomic E-state index is 5.78. The lowest BCUT2D eigenvalue weighted by atomic mass is 9.84. The number of hydrogen-bond acceptors (Lipinski definition) is 3. The smallest absolute Gasteiger partial charge is 0.0313 e. The lowest BCUT2D eigenvalue weighted by Crippen LogP contribution is -2.44. The van der Waals surface area contributed by atoms with E-state index in [-0.39, 0.29) is 0 Å². The zero-order valence-corrected chi connectivity index (χ0v) is 11.5. The number of hydrogen-bond donors (Lipinski definition) is 2. The Kier molecular flexibility index (Phi) is 4.48. The predicted octanol–water partition coefficient (Wildman–Crippen LogP) is 3.14. The van der Waals surface area contributed by atoms with Gasteiger partial charge < -0.3 is 0 Å². The summed E-state index contributed by atoms with van der Waals surface area (Å²) >= 11 is 1.96. The van der Waals surface area contributed by atoms with Gasteiger partial charge >= 0.3 is 0 Å². The molecule has 0 fully saturated rings. The summed E-state index contributed by atoms with van der Waals surface area (Å²) < 4.78 is 0. The third-order valence-electron chi connectivity index (χ3n) is 3.72. The second-order valence-corrected chi connectivity index (χ2v) is 5.98. The number of nitrogens with one attached hydrogen (secondary N) is 1. The van der Waals surface area contributed by atoms with E-state index in [9.17, 15) is 0 Å². The van der Waals surface area contributed by atoms with Crippen molar-refractivity contribution in [2.45, 2.75) is 43.5 Å². The first-order valence-corrected chi connectivity index (χ1v) is 7.44. The van der Waals surface area contributed by atoms with Gasteiger partial charge in [0.2, 0.25) is 0 Å². The number of nitrogens with two attached hydrogens (primary N) is 1. The van der Waals surface area contributed by atoms with E-state index >= 15 is 0 Å². The van der Waals surface area contributed by atoms with Crippen LogP contribution in [0.1, 0.15) is 38.2 Å². The third kappa shape index (κ3) is 2.67. The molecule has 3 N–H and O–H groups in total. The van der Waals surface area contributed by atoms with Crippen molar-refractivity contribution in [1.82, 2.24) is 5.43 Å². The molecule has 0 amide bonds. The van der Waals surface area contributed by atoms with Crippen LogP contribution < -0.4 is 11.3 Å². The van der Waals surface area contributed by atoms with Crippen molar-refractivity contribution in [3.8, 4) is 0 Å². The second-order valence-electron chi connectivity index (χ2n) is 4.91. The summed E-state index contributed by atoms with van der Waals surface area (Å²) in [6, 6.07) is 9.12. The van der Waals surface area contributed by atoms with Crippen LogP contribution in [0.15, 0.2) is 29.2 Å². The monoisotopic (exact) mass is 250 g/mol. The van der Waals surface area contributed by atoms with Crippen LogP contribution in [-0.4, -0.2) is 11.8 Å². The van der Waals surface area contributed by atoms with Crippen molar-refractivity contribution in [3.63, 3.8) is 0 Å². The molecule has 0 bridgehead atoms. The number of thioether (sulfide) groups is 1. The molecule has 1 heterocycles. The van der Waals surface area contributed by atoms with Crippen LogP contribution in [-0.2, 0) is 0 Å². The molecule has 1 aliphatic heterocycles. The van der Waals surface area contributed by atoms with Gasteiger partial charge in [-0.15, -0.1) is 11.8 Å². The van der Waals surface area contributed by atoms with Crippen LogP contribution in [0.5, 0.6) is 0 Å². The molecule has 2 rings (SSSR count). The van der Waals surface area contributed by atoms with Gasteiger partial charge in [-0.1, -0.05) is 38.5 Å². The van der Waals surface area contributed by atoms with E-state index < -0.39 is 0 Å². The Labute approximate surface area is 108 Å². The van der Waals surface area contributed by atoms with Crippen LogP contribution in [0.25, 0.3) is 0 Å². The Morgan fingerprint density at radius 2 is 2.24 bits per heavy atom. The fourth-order valence-electron chi connectivity index (χ4n) is 2.80. The zero-order chi connectivity index (χ0) is 12.3. The van der Waals surface area contributed by atoms with Crippen LogP contribution in [0.2, 0.25) is 0 Å². The van der Waals surface area contributed by atoms with E-state index in [0.717, 1.165) is 5.75 Å². The van der Waals surface area contributed by atoms with E-state index in [1.165, 1.54) is 23.3 Å². The molecule has 0 aromatic heterocycles. The van der Waals surface area contributed by atoms with Crippen molar-refractivity contribution in [2.75, 3.05) is 5.75 Å². The van der Waals surface area contributed by atoms with Crippen molar-refractivity contribution in [3.05, 3.63) is 29.8 Å². The van der Waals surface area contributed by atoms with Gasteiger partial charge in [-0.2, -0.15) is 0 Å². The average Bonchev–Trinajstić information content (AvgIpc) is 2.75. The molecule has 0 radical (unpaired) electrons. The van der Waals surface area contributed by atoms with Crippen molar-refractivity contribution >= 4 is 11.8 Å². The van der Waals surface area contributed by atoms with Crippen molar-refractivity contribution in [1.29, 1.82) is 0 Å². The van der Waals surface area contributed by atoms with Gasteiger partial charge in [0.1, 0.15) is 0 Å². The lowest BCUT2D eigenvalue weighted by molar-refractivity contribution is 0.323. The van der Waals surface area contributed by atoms with Gasteiger partial charge in [0.05, 0.1) is 0 Å². The van der Waals surface area contributed by atoms with E-state index in [2.05, 4.69) is 43.5 Å². The molecule has 0 saturated carbocycles. The van der Waals surface area contributed by atoms with Crippen molar-refractivity contribution < 1.29 is 0 Å². The Hall–Kier alpha value is -0.510. The largest absolute Gasteiger partial charge is 0.271 e. The normalized spacial score (nSPS) is 22.2. The predicted molar refractivity (Wildman–Crippen MR) is 75.1 cm³/mol. The summed E-state index contributed by atoms with van der Waals surface area (Å²) in [5.41, 5.74) is 4.53. The summed E-state index contributed by atoms with van der Waals surface area (Å²) in [5.74, 6) is 8.12. The fraction of sp³-hybridized carbons (Fsp3) is 0.571. The Morgan fingerprint density at radius 3 is 2.94 bits per heavy atom. The quantitative estimate of drug-likeness (QED) is 0.623. The molecule has 2 nitrogen and oxygen atoms in total. The first kappa shape index (κ1) is 12.9. The standard InChI is InChI=1S/C14H22N2S/c1-3-6-10(2)14(16-15)12-9-17-13-8-5-4-7-11(12)13/h4-5,7-8,10,12,14,16H,3,6,9,15H2,1-2H3. The molecule has 0 spiro atoms. The van der Waals surface area contributed by atoms with Gasteiger partial charge in [-0.3, -0.25) is 11.3 Å². The lowest BCUT2D eigenvalue weighted by Gasteiger charge is -2.28. The van der Waals surface area contributed by atoms with Crippen LogP contribution >= 0.6 is 11.8 Å². The minimum Gasteiger partial charge on any atom is -0.271 e. The highest BCUT2D eigenvalue weighted by Gasteiger charge is 2.32. The SMILES string of the molecule is CCCC(C)C(NN)C1CSc2ccccc21. The van der Waals surface area contributed by atoms with Gasteiger partial charge in [-0.25, -0.2) is 0 Å². The molecule has 94 valence electrons. The van der Waals surface area contributed by atoms with Crippen LogP contribution in [0, 0.1) is 5.92 Å². The Balaban J connectivity index is 2.17. The molecular formula is C14H22N2S. The van der Waals surface area contributed by atoms with Gasteiger partial charge in [0.15, 0.2) is 0 Å². The summed E-state index contributed by atoms with van der Waals surface area (Å²) in [6.45, 7) is 4.54. The number of benzene rings is 1. The molecule has 3 atom stereocenters. The molecule has 1 aromatic rings. The maximum Gasteiger partial charge on any atom is 0.0313 e. The van der Waals surface area contributed by atoms with E-state index in [1.807, 2.05) is 11.8 Å². The van der Waals surface area contributed by atoms with Gasteiger partial charge in [0, 0.05) is 22.6 Å². The topological polar surface area (TPSA) is 38.0 Å².